The molecular formula is C35H42FN5O7S. The first-order chi connectivity index (χ1) is 23.3. The molecule has 4 heterocycles. The van der Waals surface area contributed by atoms with Crippen molar-refractivity contribution in [3.63, 3.8) is 0 Å². The Morgan fingerprint density at radius 1 is 1.10 bits per heavy atom. The van der Waals surface area contributed by atoms with Crippen molar-refractivity contribution in [1.82, 2.24) is 25.4 Å². The Morgan fingerprint density at radius 2 is 1.86 bits per heavy atom. The van der Waals surface area contributed by atoms with Gasteiger partial charge in [0.05, 0.1) is 5.69 Å². The largest absolute Gasteiger partial charge is 0.479 e. The number of carboxylic acid groups (broad SMARTS) is 1. The van der Waals surface area contributed by atoms with Crippen LogP contribution in [0, 0.1) is 23.6 Å². The number of thiazole rings is 1. The van der Waals surface area contributed by atoms with E-state index >= 15 is 0 Å². The smallest absolute Gasteiger partial charge is 0.408 e. The van der Waals surface area contributed by atoms with Crippen molar-refractivity contribution < 1.29 is 38.2 Å². The highest BCUT2D eigenvalue weighted by Gasteiger charge is 2.62. The zero-order valence-electron chi connectivity index (χ0n) is 27.8. The van der Waals surface area contributed by atoms with Crippen LogP contribution in [0.15, 0.2) is 41.8 Å². The number of fused-ring (bicyclic) bond motifs is 4. The molecule has 3 aliphatic heterocycles. The number of carbonyl (C=O) groups excluding carboxylic acids is 4. The van der Waals surface area contributed by atoms with Crippen molar-refractivity contribution in [1.29, 1.82) is 0 Å². The van der Waals surface area contributed by atoms with E-state index in [1.807, 2.05) is 12.2 Å². The molecule has 6 rings (SSSR count). The first kappa shape index (κ1) is 34.5. The van der Waals surface area contributed by atoms with Crippen molar-refractivity contribution in [2.45, 2.75) is 82.5 Å². The summed E-state index contributed by atoms with van der Waals surface area (Å²) in [5, 5.41) is 17.7. The molecule has 12 nitrogen and oxygen atoms in total. The van der Waals surface area contributed by atoms with E-state index in [1.165, 1.54) is 28.4 Å². The number of nitrogens with one attached hydrogen (secondary N) is 2. The number of carboxylic acids is 1. The molecule has 3 N–H and O–H groups in total. The summed E-state index contributed by atoms with van der Waals surface area (Å²) in [5.74, 6) is -3.97. The van der Waals surface area contributed by atoms with Crippen molar-refractivity contribution in [3.05, 3.63) is 52.6 Å². The van der Waals surface area contributed by atoms with Crippen LogP contribution in [0.4, 0.5) is 9.18 Å². The summed E-state index contributed by atoms with van der Waals surface area (Å²) in [7, 11) is 0. The van der Waals surface area contributed by atoms with Crippen LogP contribution in [-0.2, 0) is 19.1 Å². The monoisotopic (exact) mass is 695 g/mol. The SMILES string of the molecule is CC(C)(C)OC(=O)N[C@@H]1CCCCC/C=C\[C@@H]2C[C@]2(C(=O)O)NC(=O)[C@@H]2[C@H]3CN(C(=O)c4nc(-c5ccc(F)cc5)cs4)C[C@H]3CN2C1=O. The van der Waals surface area contributed by atoms with Crippen LogP contribution in [-0.4, -0.2) is 92.5 Å². The van der Waals surface area contributed by atoms with Crippen LogP contribution in [0.2, 0.25) is 0 Å². The van der Waals surface area contributed by atoms with Gasteiger partial charge in [0, 0.05) is 48.3 Å². The summed E-state index contributed by atoms with van der Waals surface area (Å²) in [6.45, 7) is 5.76. The molecule has 1 aromatic carbocycles. The fourth-order valence-corrected chi connectivity index (χ4v) is 8.04. The van der Waals surface area contributed by atoms with Gasteiger partial charge in [-0.3, -0.25) is 14.4 Å². The second-order valence-electron chi connectivity index (χ2n) is 14.5. The lowest BCUT2D eigenvalue weighted by atomic mass is 9.93. The van der Waals surface area contributed by atoms with E-state index in [1.54, 1.807) is 43.2 Å². The van der Waals surface area contributed by atoms with Crippen molar-refractivity contribution in [2.75, 3.05) is 19.6 Å². The van der Waals surface area contributed by atoms with Gasteiger partial charge < -0.3 is 30.3 Å². The van der Waals surface area contributed by atoms with Gasteiger partial charge in [-0.2, -0.15) is 0 Å². The van der Waals surface area contributed by atoms with Gasteiger partial charge in [-0.05, 0) is 70.7 Å². The average Bonchev–Trinajstić information content (AvgIpc) is 3.37. The number of aliphatic carboxylic acids is 1. The molecule has 4 aliphatic rings. The van der Waals surface area contributed by atoms with E-state index in [0.29, 0.717) is 24.1 Å². The molecule has 3 fully saturated rings. The highest BCUT2D eigenvalue weighted by atomic mass is 32.1. The van der Waals surface area contributed by atoms with Crippen LogP contribution in [0.3, 0.4) is 0 Å². The quantitative estimate of drug-likeness (QED) is 0.402. The maximum atomic E-state index is 14.3. The Hall–Kier alpha value is -4.33. The van der Waals surface area contributed by atoms with Gasteiger partial charge >= 0.3 is 12.1 Å². The third kappa shape index (κ3) is 7.34. The molecule has 0 bridgehead atoms. The number of hydrogen-bond donors (Lipinski definition) is 3. The van der Waals surface area contributed by atoms with E-state index < -0.39 is 53.0 Å². The van der Waals surface area contributed by atoms with Crippen LogP contribution < -0.4 is 10.6 Å². The van der Waals surface area contributed by atoms with Gasteiger partial charge in [0.1, 0.15) is 29.0 Å². The summed E-state index contributed by atoms with van der Waals surface area (Å²) in [5.41, 5.74) is -1.04. The normalized spacial score (nSPS) is 29.4. The Balaban J connectivity index is 1.26. The van der Waals surface area contributed by atoms with Crippen LogP contribution in [0.25, 0.3) is 11.3 Å². The number of halogens is 1. The summed E-state index contributed by atoms with van der Waals surface area (Å²) in [6.07, 6.45) is 6.64. The maximum Gasteiger partial charge on any atom is 0.408 e. The van der Waals surface area contributed by atoms with Gasteiger partial charge in [0.15, 0.2) is 5.01 Å². The minimum atomic E-state index is -1.47. The maximum absolute atomic E-state index is 14.3. The number of aromatic nitrogens is 1. The Labute approximate surface area is 288 Å². The molecule has 14 heteroatoms. The second-order valence-corrected chi connectivity index (χ2v) is 15.3. The number of allylic oxidation sites excluding steroid dienone is 1. The number of rotatable bonds is 4. The number of likely N-dealkylation sites (tertiary alicyclic amines) is 1. The van der Waals surface area contributed by atoms with Crippen molar-refractivity contribution in [2.24, 2.45) is 17.8 Å². The molecule has 6 atom stereocenters. The van der Waals surface area contributed by atoms with E-state index in [0.717, 1.165) is 19.3 Å². The van der Waals surface area contributed by atoms with Crippen molar-refractivity contribution >= 4 is 41.1 Å². The van der Waals surface area contributed by atoms with Crippen LogP contribution in [0.5, 0.6) is 0 Å². The lowest BCUT2D eigenvalue weighted by molar-refractivity contribution is -0.146. The molecule has 1 aliphatic carbocycles. The van der Waals surface area contributed by atoms with Gasteiger partial charge in [-0.15, -0.1) is 11.3 Å². The molecular weight excluding hydrogens is 653 g/mol. The first-order valence-electron chi connectivity index (χ1n) is 16.8. The summed E-state index contributed by atoms with van der Waals surface area (Å²) < 4.78 is 18.9. The molecule has 0 unspecified atom stereocenters. The van der Waals surface area contributed by atoms with E-state index in [4.69, 9.17) is 4.74 Å². The molecule has 4 amide bonds. The van der Waals surface area contributed by atoms with E-state index in [9.17, 15) is 33.5 Å². The Kier molecular flexibility index (Phi) is 9.53. The molecule has 0 radical (unpaired) electrons. The van der Waals surface area contributed by atoms with E-state index in [2.05, 4.69) is 15.6 Å². The fourth-order valence-electron chi connectivity index (χ4n) is 7.25. The molecule has 262 valence electrons. The lowest BCUT2D eigenvalue weighted by Crippen LogP contribution is -2.58. The fraction of sp³-hybridized carbons (Fsp3) is 0.543. The lowest BCUT2D eigenvalue weighted by Gasteiger charge is -2.32. The molecule has 1 saturated carbocycles. The van der Waals surface area contributed by atoms with E-state index in [-0.39, 0.29) is 54.6 Å². The molecule has 0 spiro atoms. The number of benzene rings is 1. The summed E-state index contributed by atoms with van der Waals surface area (Å²) in [6, 6.07) is 3.82. The first-order valence-corrected chi connectivity index (χ1v) is 17.7. The third-order valence-electron chi connectivity index (χ3n) is 9.79. The Morgan fingerprint density at radius 3 is 2.57 bits per heavy atom. The Bertz CT molecular complexity index is 1660. The standard InChI is InChI=1S/C35H42FN5O7S/c1-34(2,3)48-33(47)38-25-10-8-6-4-5-7-9-22-15-35(22,32(45)46)39-28(42)27-24-18-40(16-21(24)17-41(27)30(25)43)31(44)29-37-26(19-49-29)20-11-13-23(36)14-12-20/h7,9,11-14,19,21-22,24-25,27H,4-6,8,10,15-18H2,1-3H3,(H,38,47)(H,39,42)(H,45,46)/b9-7-/t21-,22+,24-,25+,27-,35-/m0/s1. The zero-order chi connectivity index (χ0) is 35.1. The number of amides is 4. The average molecular weight is 696 g/mol. The number of hydrogen-bond acceptors (Lipinski definition) is 8. The van der Waals surface area contributed by atoms with Crippen LogP contribution in [0.1, 0.15) is 69.1 Å². The highest BCUT2D eigenvalue weighted by molar-refractivity contribution is 7.12. The summed E-state index contributed by atoms with van der Waals surface area (Å²) in [4.78, 5) is 75.0. The van der Waals surface area contributed by atoms with Gasteiger partial charge in [-0.25, -0.2) is 19.0 Å². The van der Waals surface area contributed by atoms with Gasteiger partial charge in [0.25, 0.3) is 5.91 Å². The molecule has 49 heavy (non-hydrogen) atoms. The second kappa shape index (κ2) is 13.5. The number of carbonyl (C=O) groups is 5. The number of alkyl carbamates (subject to hydrolysis) is 1. The molecule has 2 aromatic rings. The van der Waals surface area contributed by atoms with Crippen LogP contribution >= 0.6 is 11.3 Å². The minimum absolute atomic E-state index is 0.153. The predicted molar refractivity (Wildman–Crippen MR) is 178 cm³/mol. The minimum Gasteiger partial charge on any atom is -0.479 e. The zero-order valence-corrected chi connectivity index (χ0v) is 28.6. The highest BCUT2D eigenvalue weighted by Crippen LogP contribution is 2.46. The number of ether oxygens (including phenoxy) is 1. The van der Waals surface area contributed by atoms with Gasteiger partial charge in [-0.1, -0.05) is 25.0 Å². The van der Waals surface area contributed by atoms with Crippen molar-refractivity contribution in [3.8, 4) is 11.3 Å². The molecule has 1 aromatic heterocycles. The number of nitrogens with zero attached hydrogens (tertiary/aromatic N) is 3. The molecule has 2 saturated heterocycles. The third-order valence-corrected chi connectivity index (χ3v) is 10.6. The topological polar surface area (TPSA) is 158 Å². The summed E-state index contributed by atoms with van der Waals surface area (Å²) >= 11 is 1.17. The predicted octanol–water partition coefficient (Wildman–Crippen LogP) is 4.22. The van der Waals surface area contributed by atoms with Gasteiger partial charge in [0.2, 0.25) is 11.8 Å².